The van der Waals surface area contributed by atoms with Gasteiger partial charge in [0.15, 0.2) is 0 Å². The van der Waals surface area contributed by atoms with Crippen molar-refractivity contribution < 1.29 is 22.7 Å². The summed E-state index contributed by atoms with van der Waals surface area (Å²) >= 11 is 0. The predicted molar refractivity (Wildman–Crippen MR) is 119 cm³/mol. The third-order valence-corrected chi connectivity index (χ3v) is 6.81. The van der Waals surface area contributed by atoms with Crippen molar-refractivity contribution in [3.8, 4) is 11.3 Å². The lowest BCUT2D eigenvalue weighted by atomic mass is 9.96. The maximum atomic E-state index is 13.9. The number of nitrogens with zero attached hydrogens (tertiary/aromatic N) is 5. The molecule has 4 heterocycles. The molecule has 2 N–H and O–H groups in total. The van der Waals surface area contributed by atoms with E-state index in [1.807, 2.05) is 9.80 Å². The maximum absolute atomic E-state index is 13.9. The lowest BCUT2D eigenvalue weighted by Gasteiger charge is -2.31. The fourth-order valence-electron chi connectivity index (χ4n) is 4.74. The van der Waals surface area contributed by atoms with Crippen LogP contribution in [0.3, 0.4) is 0 Å². The SMILES string of the molecule is Nc1cc(C(F)(F)F)c(-c2cc(C3(C(=O)N4CCCCC4)CC3)nc(N3CCOCC3)n2)cn1. The number of piperidine rings is 1. The van der Waals surface area contributed by atoms with Crippen molar-refractivity contribution in [3.05, 3.63) is 29.6 Å². The number of hydrogen-bond donors (Lipinski definition) is 1. The first kappa shape index (κ1) is 22.8. The molecule has 0 radical (unpaired) electrons. The van der Waals surface area contributed by atoms with Gasteiger partial charge in [-0.2, -0.15) is 13.2 Å². The Morgan fingerprint density at radius 3 is 2.38 bits per heavy atom. The third kappa shape index (κ3) is 4.28. The number of amides is 1. The molecule has 2 saturated heterocycles. The number of anilines is 2. The third-order valence-electron chi connectivity index (χ3n) is 6.81. The van der Waals surface area contributed by atoms with Crippen LogP contribution in [0.1, 0.15) is 43.4 Å². The molecule has 2 aliphatic heterocycles. The van der Waals surface area contributed by atoms with E-state index in [1.165, 1.54) is 6.07 Å². The standard InChI is InChI=1S/C23H27F3N6O2/c24-23(25,26)16-12-19(27)28-14-15(16)17-13-18(30-21(29-17)32-8-10-34-11-9-32)22(4-5-22)20(33)31-6-2-1-3-7-31/h12-14H,1-11H2,(H2,27,28). The van der Waals surface area contributed by atoms with Crippen molar-refractivity contribution >= 4 is 17.7 Å². The van der Waals surface area contributed by atoms with Gasteiger partial charge in [0, 0.05) is 37.9 Å². The van der Waals surface area contributed by atoms with Gasteiger partial charge in [-0.25, -0.2) is 15.0 Å². The van der Waals surface area contributed by atoms with Crippen LogP contribution in [0.25, 0.3) is 11.3 Å². The summed E-state index contributed by atoms with van der Waals surface area (Å²) in [6.07, 6.45) is 0.710. The molecule has 34 heavy (non-hydrogen) atoms. The number of likely N-dealkylation sites (tertiary alicyclic amines) is 1. The van der Waals surface area contributed by atoms with Crippen molar-refractivity contribution in [3.63, 3.8) is 0 Å². The second-order valence-corrected chi connectivity index (χ2v) is 9.13. The van der Waals surface area contributed by atoms with E-state index in [2.05, 4.69) is 9.97 Å². The van der Waals surface area contributed by atoms with E-state index in [4.69, 9.17) is 15.5 Å². The van der Waals surface area contributed by atoms with E-state index in [9.17, 15) is 18.0 Å². The maximum Gasteiger partial charge on any atom is 0.417 e. The minimum absolute atomic E-state index is 0.0104. The highest BCUT2D eigenvalue weighted by Crippen LogP contribution is 2.50. The molecule has 0 bridgehead atoms. The Labute approximate surface area is 195 Å². The van der Waals surface area contributed by atoms with Gasteiger partial charge < -0.3 is 20.3 Å². The molecular formula is C23H27F3N6O2. The van der Waals surface area contributed by atoms with Gasteiger partial charge in [0.2, 0.25) is 11.9 Å². The van der Waals surface area contributed by atoms with Gasteiger partial charge >= 0.3 is 6.18 Å². The number of carbonyl (C=O) groups is 1. The molecule has 1 aliphatic carbocycles. The average Bonchev–Trinajstić information content (AvgIpc) is 3.66. The monoisotopic (exact) mass is 476 g/mol. The Balaban J connectivity index is 1.61. The summed E-state index contributed by atoms with van der Waals surface area (Å²) in [4.78, 5) is 30.4. The lowest BCUT2D eigenvalue weighted by molar-refractivity contribution is -0.137. The first-order valence-corrected chi connectivity index (χ1v) is 11.6. The molecule has 11 heteroatoms. The van der Waals surface area contributed by atoms with Crippen LogP contribution in [0.15, 0.2) is 18.3 Å². The van der Waals surface area contributed by atoms with Crippen LogP contribution in [-0.4, -0.2) is 65.2 Å². The number of alkyl halides is 3. The molecule has 2 aromatic heterocycles. The molecule has 0 spiro atoms. The summed E-state index contributed by atoms with van der Waals surface area (Å²) < 4.78 is 47.0. The number of halogens is 3. The smallest absolute Gasteiger partial charge is 0.384 e. The number of aromatic nitrogens is 3. The van der Waals surface area contributed by atoms with Gasteiger partial charge in [-0.1, -0.05) is 0 Å². The highest BCUT2D eigenvalue weighted by molar-refractivity contribution is 5.91. The van der Waals surface area contributed by atoms with E-state index in [-0.39, 0.29) is 23.0 Å². The Morgan fingerprint density at radius 1 is 1.03 bits per heavy atom. The van der Waals surface area contributed by atoms with E-state index < -0.39 is 17.2 Å². The van der Waals surface area contributed by atoms with Crippen LogP contribution in [0.2, 0.25) is 0 Å². The predicted octanol–water partition coefficient (Wildman–Crippen LogP) is 3.02. The van der Waals surface area contributed by atoms with Gasteiger partial charge in [-0.3, -0.25) is 4.79 Å². The summed E-state index contributed by atoms with van der Waals surface area (Å²) in [6.45, 7) is 3.38. The quantitative estimate of drug-likeness (QED) is 0.725. The number of hydrogen-bond acceptors (Lipinski definition) is 7. The molecule has 1 saturated carbocycles. The summed E-state index contributed by atoms with van der Waals surface area (Å²) in [5.74, 6) is 0.0902. The average molecular weight is 477 g/mol. The van der Waals surface area contributed by atoms with Crippen molar-refractivity contribution in [1.82, 2.24) is 19.9 Å². The Kier molecular flexibility index (Phi) is 5.83. The summed E-state index contributed by atoms with van der Waals surface area (Å²) in [7, 11) is 0. The topological polar surface area (TPSA) is 97.5 Å². The number of ether oxygens (including phenoxy) is 1. The van der Waals surface area contributed by atoms with Crippen LogP contribution < -0.4 is 10.6 Å². The van der Waals surface area contributed by atoms with Crippen LogP contribution in [0.5, 0.6) is 0 Å². The number of rotatable bonds is 4. The van der Waals surface area contributed by atoms with Crippen LogP contribution in [0, 0.1) is 0 Å². The Hall–Kier alpha value is -2.95. The van der Waals surface area contributed by atoms with E-state index in [0.29, 0.717) is 63.9 Å². The van der Waals surface area contributed by atoms with Gasteiger partial charge in [0.25, 0.3) is 0 Å². The molecule has 5 rings (SSSR count). The van der Waals surface area contributed by atoms with Crippen molar-refractivity contribution in [2.75, 3.05) is 50.0 Å². The zero-order valence-corrected chi connectivity index (χ0v) is 18.8. The second-order valence-electron chi connectivity index (χ2n) is 9.13. The number of nitrogens with two attached hydrogens (primary N) is 1. The summed E-state index contributed by atoms with van der Waals surface area (Å²) in [5.41, 5.74) is 4.22. The molecule has 0 atom stereocenters. The number of morpholine rings is 1. The van der Waals surface area contributed by atoms with E-state index >= 15 is 0 Å². The molecule has 0 unspecified atom stereocenters. The zero-order chi connectivity index (χ0) is 23.9. The minimum atomic E-state index is -4.64. The molecule has 0 aromatic carbocycles. The van der Waals surface area contributed by atoms with Crippen LogP contribution in [0.4, 0.5) is 24.9 Å². The minimum Gasteiger partial charge on any atom is -0.384 e. The van der Waals surface area contributed by atoms with E-state index in [1.54, 1.807) is 0 Å². The van der Waals surface area contributed by atoms with Crippen molar-refractivity contribution in [2.24, 2.45) is 0 Å². The normalized spacial score (nSPS) is 20.3. The van der Waals surface area contributed by atoms with Gasteiger partial charge in [0.05, 0.1) is 35.6 Å². The van der Waals surface area contributed by atoms with Crippen LogP contribution >= 0.6 is 0 Å². The molecule has 182 valence electrons. The summed E-state index contributed by atoms with van der Waals surface area (Å²) in [6, 6.07) is 2.35. The number of carbonyl (C=O) groups excluding carboxylic acids is 1. The largest absolute Gasteiger partial charge is 0.417 e. The fourth-order valence-corrected chi connectivity index (χ4v) is 4.74. The zero-order valence-electron chi connectivity index (χ0n) is 18.8. The molecule has 1 amide bonds. The second kappa shape index (κ2) is 8.68. The summed E-state index contributed by atoms with van der Waals surface area (Å²) in [5, 5.41) is 0. The first-order chi connectivity index (χ1) is 16.3. The Morgan fingerprint density at radius 2 is 1.74 bits per heavy atom. The number of pyridine rings is 1. The molecule has 3 fully saturated rings. The molecule has 8 nitrogen and oxygen atoms in total. The Bertz CT molecular complexity index is 1080. The van der Waals surface area contributed by atoms with Gasteiger partial charge in [-0.05, 0) is 44.2 Å². The molecule has 2 aromatic rings. The van der Waals surface area contributed by atoms with E-state index in [0.717, 1.165) is 31.5 Å². The first-order valence-electron chi connectivity index (χ1n) is 11.6. The number of nitrogen functional groups attached to an aromatic ring is 1. The molecule has 3 aliphatic rings. The molecular weight excluding hydrogens is 449 g/mol. The van der Waals surface area contributed by atoms with Gasteiger partial charge in [0.1, 0.15) is 5.82 Å². The highest BCUT2D eigenvalue weighted by atomic mass is 19.4. The van der Waals surface area contributed by atoms with Crippen molar-refractivity contribution in [1.29, 1.82) is 0 Å². The van der Waals surface area contributed by atoms with Crippen molar-refractivity contribution in [2.45, 2.75) is 43.7 Å². The fraction of sp³-hybridized carbons (Fsp3) is 0.565. The lowest BCUT2D eigenvalue weighted by Crippen LogP contribution is -2.43. The highest BCUT2D eigenvalue weighted by Gasteiger charge is 2.55. The van der Waals surface area contributed by atoms with Gasteiger partial charge in [-0.15, -0.1) is 0 Å². The van der Waals surface area contributed by atoms with Crippen LogP contribution in [-0.2, 0) is 21.1 Å².